The molecule has 76 valence electrons. The van der Waals surface area contributed by atoms with E-state index in [0.29, 0.717) is 13.2 Å². The van der Waals surface area contributed by atoms with Crippen molar-refractivity contribution in [1.29, 1.82) is 0 Å². The molecule has 0 saturated carbocycles. The van der Waals surface area contributed by atoms with Gasteiger partial charge in [0.25, 0.3) is 0 Å². The molecule has 0 heterocycles. The Kier molecular flexibility index (Phi) is 7.63. The summed E-state index contributed by atoms with van der Waals surface area (Å²) in [5.74, 6) is -1.03. The molecule has 0 N–H and O–H groups in total. The number of carbonyl (C=O) groups is 2. The summed E-state index contributed by atoms with van der Waals surface area (Å²) >= 11 is 4.84. The Morgan fingerprint density at radius 1 is 1.23 bits per heavy atom. The Labute approximate surface area is 82.1 Å². The molecular formula is C8H13ClO4. The van der Waals surface area contributed by atoms with Crippen LogP contribution in [0.4, 0.5) is 0 Å². The second kappa shape index (κ2) is 8.01. The highest BCUT2D eigenvalue weighted by Gasteiger charge is 2.10. The lowest BCUT2D eigenvalue weighted by molar-refractivity contribution is -0.151. The zero-order valence-electron chi connectivity index (χ0n) is 7.55. The molecule has 5 heteroatoms. The van der Waals surface area contributed by atoms with Gasteiger partial charge in [-0.25, -0.2) is 4.79 Å². The quantitative estimate of drug-likeness (QED) is 0.272. The molecule has 0 aromatic heterocycles. The van der Waals surface area contributed by atoms with Crippen LogP contribution in [0.15, 0.2) is 0 Å². The highest BCUT2D eigenvalue weighted by molar-refractivity contribution is 6.80. The van der Waals surface area contributed by atoms with E-state index in [0.717, 1.165) is 12.8 Å². The van der Waals surface area contributed by atoms with E-state index >= 15 is 0 Å². The van der Waals surface area contributed by atoms with E-state index in [4.69, 9.17) is 16.3 Å². The first kappa shape index (κ1) is 12.4. The van der Waals surface area contributed by atoms with Gasteiger partial charge in [0, 0.05) is 6.61 Å². The molecule has 4 nitrogen and oxygen atoms in total. The maximum Gasteiger partial charge on any atom is 0.391 e. The number of unbranched alkanes of at least 4 members (excludes halogenated alkanes) is 1. The van der Waals surface area contributed by atoms with Crippen molar-refractivity contribution in [2.75, 3.05) is 19.8 Å². The van der Waals surface area contributed by atoms with Crippen LogP contribution in [0.5, 0.6) is 0 Å². The molecule has 0 aromatic carbocycles. The van der Waals surface area contributed by atoms with E-state index in [2.05, 4.69) is 11.7 Å². The van der Waals surface area contributed by atoms with Gasteiger partial charge in [0.1, 0.15) is 6.61 Å². The average molecular weight is 209 g/mol. The van der Waals surface area contributed by atoms with Crippen LogP contribution in [0.3, 0.4) is 0 Å². The van der Waals surface area contributed by atoms with Crippen molar-refractivity contribution in [3.05, 3.63) is 0 Å². The molecule has 0 saturated heterocycles. The molecule has 0 atom stereocenters. The van der Waals surface area contributed by atoms with Gasteiger partial charge in [0.05, 0.1) is 6.61 Å². The molecule has 0 radical (unpaired) electrons. The topological polar surface area (TPSA) is 52.6 Å². The SMILES string of the molecule is CCCCOCCOC(=O)C(=O)Cl. The van der Waals surface area contributed by atoms with Gasteiger partial charge in [0.15, 0.2) is 0 Å². The van der Waals surface area contributed by atoms with Crippen LogP contribution in [0.1, 0.15) is 19.8 Å². The number of halogens is 1. The minimum Gasteiger partial charge on any atom is -0.457 e. The summed E-state index contributed by atoms with van der Waals surface area (Å²) < 4.78 is 9.51. The number of ether oxygens (including phenoxy) is 2. The molecule has 0 spiro atoms. The van der Waals surface area contributed by atoms with Crippen molar-refractivity contribution in [3.8, 4) is 0 Å². The first-order valence-electron chi connectivity index (χ1n) is 4.12. The third-order valence-corrected chi connectivity index (χ3v) is 1.42. The monoisotopic (exact) mass is 208 g/mol. The fourth-order valence-corrected chi connectivity index (χ4v) is 0.653. The molecule has 13 heavy (non-hydrogen) atoms. The molecule has 0 aromatic rings. The molecule has 0 rings (SSSR count). The van der Waals surface area contributed by atoms with Gasteiger partial charge in [-0.3, -0.25) is 4.79 Å². The number of rotatable bonds is 7. The molecule has 0 fully saturated rings. The van der Waals surface area contributed by atoms with Crippen molar-refractivity contribution in [3.63, 3.8) is 0 Å². The summed E-state index contributed by atoms with van der Waals surface area (Å²) in [5, 5.41) is -1.10. The molecule has 0 aliphatic rings. The fourth-order valence-electron chi connectivity index (χ4n) is 0.598. The maximum atomic E-state index is 10.5. The Morgan fingerprint density at radius 2 is 1.92 bits per heavy atom. The molecule has 0 bridgehead atoms. The van der Waals surface area contributed by atoms with E-state index < -0.39 is 11.2 Å². The van der Waals surface area contributed by atoms with Crippen molar-refractivity contribution in [2.45, 2.75) is 19.8 Å². The van der Waals surface area contributed by atoms with Crippen LogP contribution >= 0.6 is 11.6 Å². The summed E-state index contributed by atoms with van der Waals surface area (Å²) in [7, 11) is 0. The maximum absolute atomic E-state index is 10.5. The van der Waals surface area contributed by atoms with E-state index in [-0.39, 0.29) is 6.61 Å². The first-order valence-corrected chi connectivity index (χ1v) is 4.50. The minimum atomic E-state index is -1.10. The number of hydrogen-bond acceptors (Lipinski definition) is 4. The number of carbonyl (C=O) groups excluding carboxylic acids is 2. The zero-order chi connectivity index (χ0) is 10.1. The van der Waals surface area contributed by atoms with Crippen LogP contribution in [0.25, 0.3) is 0 Å². The Morgan fingerprint density at radius 3 is 2.46 bits per heavy atom. The van der Waals surface area contributed by atoms with Gasteiger partial charge < -0.3 is 9.47 Å². The van der Waals surface area contributed by atoms with E-state index in [1.54, 1.807) is 0 Å². The van der Waals surface area contributed by atoms with Crippen LogP contribution in [0.2, 0.25) is 0 Å². The predicted octanol–water partition coefficient (Wildman–Crippen LogP) is 1.11. The molecule has 0 aliphatic carbocycles. The standard InChI is InChI=1S/C8H13ClO4/c1-2-3-4-12-5-6-13-8(11)7(9)10/h2-6H2,1H3. The lowest BCUT2D eigenvalue weighted by Gasteiger charge is -2.02. The second-order valence-corrected chi connectivity index (χ2v) is 2.72. The molecular weight excluding hydrogens is 196 g/mol. The van der Waals surface area contributed by atoms with Gasteiger partial charge in [0.2, 0.25) is 0 Å². The third kappa shape index (κ3) is 7.74. The molecule has 0 unspecified atom stereocenters. The number of hydrogen-bond donors (Lipinski definition) is 0. The Bertz CT molecular complexity index is 170. The minimum absolute atomic E-state index is 0.0704. The summed E-state index contributed by atoms with van der Waals surface area (Å²) in [4.78, 5) is 20.6. The lowest BCUT2D eigenvalue weighted by Crippen LogP contribution is -2.15. The largest absolute Gasteiger partial charge is 0.457 e. The average Bonchev–Trinajstić information content (AvgIpc) is 2.10. The smallest absolute Gasteiger partial charge is 0.391 e. The van der Waals surface area contributed by atoms with Crippen molar-refractivity contribution in [2.24, 2.45) is 0 Å². The van der Waals surface area contributed by atoms with Crippen molar-refractivity contribution in [1.82, 2.24) is 0 Å². The second-order valence-electron chi connectivity index (χ2n) is 2.38. The normalized spacial score (nSPS) is 9.69. The summed E-state index contributed by atoms with van der Waals surface area (Å²) in [6.07, 6.45) is 2.03. The lowest BCUT2D eigenvalue weighted by atomic mass is 10.4. The van der Waals surface area contributed by atoms with E-state index in [1.807, 2.05) is 0 Å². The predicted molar refractivity (Wildman–Crippen MR) is 47.5 cm³/mol. The highest BCUT2D eigenvalue weighted by Crippen LogP contribution is 1.89. The van der Waals surface area contributed by atoms with Gasteiger partial charge >= 0.3 is 11.2 Å². The number of esters is 1. The molecule has 0 amide bonds. The Hall–Kier alpha value is -0.610. The van der Waals surface area contributed by atoms with Crippen LogP contribution < -0.4 is 0 Å². The summed E-state index contributed by atoms with van der Waals surface area (Å²) in [5.41, 5.74) is 0. The first-order chi connectivity index (χ1) is 6.18. The third-order valence-electron chi connectivity index (χ3n) is 1.26. The van der Waals surface area contributed by atoms with Crippen LogP contribution in [-0.4, -0.2) is 31.0 Å². The summed E-state index contributed by atoms with van der Waals surface area (Å²) in [6, 6.07) is 0. The van der Waals surface area contributed by atoms with Crippen LogP contribution in [0, 0.1) is 0 Å². The van der Waals surface area contributed by atoms with E-state index in [9.17, 15) is 9.59 Å². The van der Waals surface area contributed by atoms with Crippen molar-refractivity contribution >= 4 is 22.8 Å². The van der Waals surface area contributed by atoms with Gasteiger partial charge in [-0.1, -0.05) is 13.3 Å². The fraction of sp³-hybridized carbons (Fsp3) is 0.750. The zero-order valence-corrected chi connectivity index (χ0v) is 8.30. The highest BCUT2D eigenvalue weighted by atomic mass is 35.5. The van der Waals surface area contributed by atoms with Gasteiger partial charge in [-0.2, -0.15) is 0 Å². The summed E-state index contributed by atoms with van der Waals surface area (Å²) in [6.45, 7) is 3.06. The van der Waals surface area contributed by atoms with Gasteiger partial charge in [-0.15, -0.1) is 0 Å². The molecule has 0 aliphatic heterocycles. The van der Waals surface area contributed by atoms with Crippen molar-refractivity contribution < 1.29 is 19.1 Å². The van der Waals surface area contributed by atoms with Gasteiger partial charge in [-0.05, 0) is 18.0 Å². The van der Waals surface area contributed by atoms with Crippen LogP contribution in [-0.2, 0) is 19.1 Å². The van der Waals surface area contributed by atoms with E-state index in [1.165, 1.54) is 0 Å². The Balaban J connectivity index is 3.16.